The second-order valence-corrected chi connectivity index (χ2v) is 15.2. The van der Waals surface area contributed by atoms with Gasteiger partial charge >= 0.3 is 0 Å². The van der Waals surface area contributed by atoms with Gasteiger partial charge in [-0.15, -0.1) is 0 Å². The first-order chi connectivity index (χ1) is 28.8. The summed E-state index contributed by atoms with van der Waals surface area (Å²) in [5.74, 6) is 0. The maximum Gasteiger partial charge on any atom is 0.0619 e. The zero-order chi connectivity index (χ0) is 38.4. The maximum atomic E-state index is 2.48. The molecule has 58 heavy (non-hydrogen) atoms. The van der Waals surface area contributed by atoms with Crippen LogP contribution in [0.15, 0.2) is 224 Å². The molecule has 11 rings (SSSR count). The van der Waals surface area contributed by atoms with E-state index in [0.717, 1.165) is 24.2 Å². The lowest BCUT2D eigenvalue weighted by molar-refractivity contribution is 0.921. The van der Waals surface area contributed by atoms with Crippen LogP contribution >= 0.6 is 0 Å². The van der Waals surface area contributed by atoms with Crippen LogP contribution in [0.25, 0.3) is 76.9 Å². The number of hydrogen-bond acceptors (Lipinski definition) is 1. The fraction of sp³-hybridized carbons (Fsp3) is 0.0357. The molecule has 1 aromatic heterocycles. The Morgan fingerprint density at radius 1 is 0.414 bits per heavy atom. The van der Waals surface area contributed by atoms with E-state index >= 15 is 0 Å². The van der Waals surface area contributed by atoms with E-state index in [2.05, 4.69) is 228 Å². The number of anilines is 2. The van der Waals surface area contributed by atoms with E-state index < -0.39 is 0 Å². The molecule has 9 aromatic carbocycles. The van der Waals surface area contributed by atoms with Crippen LogP contribution in [0.1, 0.15) is 18.4 Å². The Balaban J connectivity index is 1.03. The van der Waals surface area contributed by atoms with Crippen LogP contribution in [0.2, 0.25) is 0 Å². The van der Waals surface area contributed by atoms with E-state index in [0.29, 0.717) is 0 Å². The first kappa shape index (κ1) is 33.9. The lowest BCUT2D eigenvalue weighted by atomic mass is 9.94. The van der Waals surface area contributed by atoms with Gasteiger partial charge in [-0.05, 0) is 105 Å². The summed E-state index contributed by atoms with van der Waals surface area (Å²) >= 11 is 0. The normalized spacial score (nSPS) is 12.9. The van der Waals surface area contributed by atoms with Crippen LogP contribution in [-0.2, 0) is 0 Å². The Labute approximate surface area is 338 Å². The molecule has 0 N–H and O–H groups in total. The molecule has 1 heterocycles. The topological polar surface area (TPSA) is 8.17 Å². The van der Waals surface area contributed by atoms with Crippen LogP contribution in [0.4, 0.5) is 11.4 Å². The lowest BCUT2D eigenvalue weighted by Gasteiger charge is -2.30. The quantitative estimate of drug-likeness (QED) is 0.158. The number of benzene rings is 9. The van der Waals surface area contributed by atoms with Crippen molar-refractivity contribution in [2.45, 2.75) is 12.8 Å². The van der Waals surface area contributed by atoms with Gasteiger partial charge in [-0.2, -0.15) is 0 Å². The summed E-state index contributed by atoms with van der Waals surface area (Å²) < 4.78 is 2.48. The van der Waals surface area contributed by atoms with E-state index in [-0.39, 0.29) is 0 Å². The van der Waals surface area contributed by atoms with Crippen molar-refractivity contribution in [1.29, 1.82) is 0 Å². The minimum absolute atomic E-state index is 0.948. The van der Waals surface area contributed by atoms with E-state index in [4.69, 9.17) is 0 Å². The Morgan fingerprint density at radius 2 is 1.02 bits per heavy atom. The second-order valence-electron chi connectivity index (χ2n) is 15.2. The van der Waals surface area contributed by atoms with Gasteiger partial charge in [-0.1, -0.05) is 170 Å². The van der Waals surface area contributed by atoms with Gasteiger partial charge in [0.1, 0.15) is 0 Å². The Bertz CT molecular complexity index is 3200. The molecule has 10 aromatic rings. The number of aromatic nitrogens is 1. The van der Waals surface area contributed by atoms with Gasteiger partial charge in [0.25, 0.3) is 0 Å². The fourth-order valence-electron chi connectivity index (χ4n) is 9.03. The van der Waals surface area contributed by atoms with Gasteiger partial charge in [-0.3, -0.25) is 0 Å². The molecule has 0 spiro atoms. The minimum atomic E-state index is 0.948. The molecular formula is C56H40N2. The van der Waals surface area contributed by atoms with Crippen molar-refractivity contribution in [1.82, 2.24) is 4.57 Å². The molecule has 0 radical (unpaired) electrons. The first-order valence-electron chi connectivity index (χ1n) is 20.2. The maximum absolute atomic E-state index is 2.48. The molecule has 274 valence electrons. The highest BCUT2D eigenvalue weighted by Crippen LogP contribution is 2.41. The summed E-state index contributed by atoms with van der Waals surface area (Å²) in [6, 6.07) is 75.3. The largest absolute Gasteiger partial charge is 0.314 e. The molecule has 0 saturated heterocycles. The zero-order valence-electron chi connectivity index (χ0n) is 32.1. The van der Waals surface area contributed by atoms with Crippen molar-refractivity contribution >= 4 is 60.3 Å². The minimum Gasteiger partial charge on any atom is -0.314 e. The second kappa shape index (κ2) is 14.3. The summed E-state index contributed by atoms with van der Waals surface area (Å²) in [6.07, 6.45) is 6.71. The van der Waals surface area contributed by atoms with Gasteiger partial charge in [0.05, 0.1) is 16.7 Å². The number of nitrogens with zero attached hydrogens (tertiary/aromatic N) is 2. The van der Waals surface area contributed by atoms with Crippen molar-refractivity contribution in [2.24, 2.45) is 0 Å². The highest BCUT2D eigenvalue weighted by Gasteiger charge is 2.21. The summed E-state index contributed by atoms with van der Waals surface area (Å²) in [5.41, 5.74) is 14.5. The summed E-state index contributed by atoms with van der Waals surface area (Å²) in [6.45, 7) is 0. The lowest BCUT2D eigenvalue weighted by Crippen LogP contribution is -2.18. The Hall–Kier alpha value is -7.42. The molecule has 0 atom stereocenters. The van der Waals surface area contributed by atoms with Gasteiger partial charge in [0, 0.05) is 38.8 Å². The molecule has 0 amide bonds. The third kappa shape index (κ3) is 5.90. The van der Waals surface area contributed by atoms with Crippen LogP contribution in [0, 0.1) is 0 Å². The summed E-state index contributed by atoms with van der Waals surface area (Å²) in [7, 11) is 0. The fourth-order valence-corrected chi connectivity index (χ4v) is 9.03. The Kier molecular flexibility index (Phi) is 8.33. The van der Waals surface area contributed by atoms with Crippen molar-refractivity contribution in [3.05, 3.63) is 230 Å². The molecule has 0 saturated carbocycles. The van der Waals surface area contributed by atoms with E-state index in [1.807, 2.05) is 0 Å². The highest BCUT2D eigenvalue weighted by atomic mass is 15.1. The molecule has 0 bridgehead atoms. The van der Waals surface area contributed by atoms with Crippen molar-refractivity contribution in [3.8, 4) is 27.9 Å². The van der Waals surface area contributed by atoms with E-state index in [9.17, 15) is 0 Å². The highest BCUT2D eigenvalue weighted by molar-refractivity contribution is 6.19. The average molecular weight is 741 g/mol. The molecule has 1 aliphatic carbocycles. The van der Waals surface area contributed by atoms with Gasteiger partial charge < -0.3 is 9.47 Å². The molecular weight excluding hydrogens is 701 g/mol. The van der Waals surface area contributed by atoms with Crippen molar-refractivity contribution in [2.75, 3.05) is 4.90 Å². The molecule has 0 aliphatic heterocycles. The smallest absolute Gasteiger partial charge is 0.0619 e. The number of hydrogen-bond donors (Lipinski definition) is 0. The van der Waals surface area contributed by atoms with Crippen molar-refractivity contribution in [3.63, 3.8) is 0 Å². The molecule has 0 fully saturated rings. The molecule has 1 aliphatic rings. The summed E-state index contributed by atoms with van der Waals surface area (Å²) in [5, 5.41) is 7.56. The van der Waals surface area contributed by atoms with Gasteiger partial charge in [0.15, 0.2) is 0 Å². The number of rotatable bonds is 7. The third-order valence-corrected chi connectivity index (χ3v) is 11.8. The van der Waals surface area contributed by atoms with Gasteiger partial charge in [-0.25, -0.2) is 0 Å². The number of para-hydroxylation sites is 2. The van der Waals surface area contributed by atoms with Crippen LogP contribution < -0.4 is 4.90 Å². The van der Waals surface area contributed by atoms with E-state index in [1.54, 1.807) is 0 Å². The standard InChI is InChI=1S/C56H40N2/c1-2-13-39(14-3-1)41-27-32-47(33-28-41)57(49-19-12-18-45(38-49)46-26-25-40-15-4-5-17-44(40)37-46)48-34-29-43(30-35-48)50-20-8-10-23-54(50)58-55-24-11-9-22-52(55)53-36-31-42-16-6-7-21-51(42)56(53)58/h1-11,13-18,20-38H,12,19H2. The van der Waals surface area contributed by atoms with Crippen LogP contribution in [0.3, 0.4) is 0 Å². The molecule has 0 unspecified atom stereocenters. The van der Waals surface area contributed by atoms with Crippen molar-refractivity contribution < 1.29 is 0 Å². The van der Waals surface area contributed by atoms with Crippen LogP contribution in [-0.4, -0.2) is 4.57 Å². The predicted molar refractivity (Wildman–Crippen MR) is 247 cm³/mol. The zero-order valence-corrected chi connectivity index (χ0v) is 32.1. The Morgan fingerprint density at radius 3 is 1.83 bits per heavy atom. The molecule has 2 nitrogen and oxygen atoms in total. The molecule has 2 heteroatoms. The van der Waals surface area contributed by atoms with Gasteiger partial charge in [0.2, 0.25) is 0 Å². The monoisotopic (exact) mass is 740 g/mol. The average Bonchev–Trinajstić information content (AvgIpc) is 3.65. The number of allylic oxidation sites excluding steroid dienone is 4. The summed E-state index contributed by atoms with van der Waals surface area (Å²) in [4.78, 5) is 2.46. The SMILES string of the molecule is C1=C(c2ccc3ccccc3c2)C=C(N(c2ccc(-c3ccccc3)cc2)c2ccc(-c3ccccc3-n3c4ccccc4c4ccc5ccccc5c43)cc2)CC1. The number of fused-ring (bicyclic) bond motifs is 6. The van der Waals surface area contributed by atoms with Crippen LogP contribution in [0.5, 0.6) is 0 Å². The third-order valence-electron chi connectivity index (χ3n) is 11.8. The predicted octanol–water partition coefficient (Wildman–Crippen LogP) is 15.3. The first-order valence-corrected chi connectivity index (χ1v) is 20.2. The van der Waals surface area contributed by atoms with E-state index in [1.165, 1.54) is 88.1 Å².